The van der Waals surface area contributed by atoms with Crippen LogP contribution in [0.15, 0.2) is 64.8 Å². The molecule has 6 nitrogen and oxygen atoms in total. The molecule has 8 heteroatoms. The van der Waals surface area contributed by atoms with Crippen LogP contribution in [0, 0.1) is 0 Å². The van der Waals surface area contributed by atoms with Gasteiger partial charge < -0.3 is 14.6 Å². The molecule has 1 amide bonds. The van der Waals surface area contributed by atoms with Crippen molar-refractivity contribution in [3.8, 4) is 16.3 Å². The zero-order valence-electron chi connectivity index (χ0n) is 16.9. The summed E-state index contributed by atoms with van der Waals surface area (Å²) in [7, 11) is 3.19. The van der Waals surface area contributed by atoms with Crippen molar-refractivity contribution in [1.29, 1.82) is 0 Å². The number of benzene rings is 2. The van der Waals surface area contributed by atoms with Crippen molar-refractivity contribution in [3.05, 3.63) is 85.2 Å². The first-order valence-electron chi connectivity index (χ1n) is 9.39. The largest absolute Gasteiger partial charge is 0.495 e. The van der Waals surface area contributed by atoms with Crippen LogP contribution in [-0.4, -0.2) is 22.6 Å². The monoisotopic (exact) mass is 449 g/mol. The molecule has 2 aromatic carbocycles. The van der Waals surface area contributed by atoms with Gasteiger partial charge in [0.15, 0.2) is 0 Å². The number of nitrogens with one attached hydrogen (secondary N) is 1. The Kier molecular flexibility index (Phi) is 6.11. The number of thiazole rings is 2. The zero-order chi connectivity index (χ0) is 21.8. The highest BCUT2D eigenvalue weighted by atomic mass is 32.1. The maximum absolute atomic E-state index is 12.7. The van der Waals surface area contributed by atoms with E-state index >= 15 is 0 Å². The molecule has 2 aromatic heterocycles. The second-order valence-corrected chi connectivity index (χ2v) is 8.51. The summed E-state index contributed by atoms with van der Waals surface area (Å²) in [5.74, 6) is 0.226. The average Bonchev–Trinajstić information content (AvgIpc) is 3.36. The lowest BCUT2D eigenvalue weighted by atomic mass is 10.2. The molecule has 2 heterocycles. The van der Waals surface area contributed by atoms with E-state index < -0.39 is 0 Å². The Morgan fingerprint density at radius 1 is 1.13 bits per heavy atom. The molecule has 1 N–H and O–H groups in total. The molecule has 0 saturated carbocycles. The second kappa shape index (κ2) is 9.11. The third-order valence-corrected chi connectivity index (χ3v) is 6.52. The molecule has 31 heavy (non-hydrogen) atoms. The van der Waals surface area contributed by atoms with Crippen molar-refractivity contribution in [2.75, 3.05) is 12.4 Å². The number of para-hydroxylation sites is 2. The van der Waals surface area contributed by atoms with Gasteiger partial charge in [-0.15, -0.1) is 22.7 Å². The third kappa shape index (κ3) is 4.65. The minimum atomic E-state index is -0.340. The molecule has 0 fully saturated rings. The van der Waals surface area contributed by atoms with E-state index in [1.807, 2.05) is 47.8 Å². The van der Waals surface area contributed by atoms with Crippen molar-refractivity contribution in [2.45, 2.75) is 0 Å². The third-order valence-electron chi connectivity index (χ3n) is 4.50. The van der Waals surface area contributed by atoms with Crippen LogP contribution in [0.25, 0.3) is 22.7 Å². The van der Waals surface area contributed by atoms with Crippen LogP contribution < -0.4 is 24.8 Å². The summed E-state index contributed by atoms with van der Waals surface area (Å²) in [4.78, 5) is 29.8. The maximum atomic E-state index is 12.7. The minimum absolute atomic E-state index is 0.171. The molecule has 0 saturated heterocycles. The van der Waals surface area contributed by atoms with Crippen LogP contribution in [0.2, 0.25) is 0 Å². The number of rotatable bonds is 5. The molecule has 156 valence electrons. The predicted octanol–water partition coefficient (Wildman–Crippen LogP) is 2.83. The highest BCUT2D eigenvalue weighted by molar-refractivity contribution is 7.13. The molecule has 0 aliphatic carbocycles. The Bertz CT molecular complexity index is 1400. The zero-order valence-corrected chi connectivity index (χ0v) is 18.5. The minimum Gasteiger partial charge on any atom is -0.495 e. The van der Waals surface area contributed by atoms with Gasteiger partial charge in [0, 0.05) is 24.1 Å². The first-order valence-corrected chi connectivity index (χ1v) is 11.1. The number of methoxy groups -OCH3 is 1. The van der Waals surface area contributed by atoms with Gasteiger partial charge in [0.25, 0.3) is 11.5 Å². The van der Waals surface area contributed by atoms with Crippen molar-refractivity contribution in [1.82, 2.24) is 9.55 Å². The fraction of sp³-hybridized carbons (Fsp3) is 0.0870. The van der Waals surface area contributed by atoms with Gasteiger partial charge in [-0.05, 0) is 18.2 Å². The number of hydrogen-bond acceptors (Lipinski definition) is 6. The predicted molar refractivity (Wildman–Crippen MR) is 126 cm³/mol. The van der Waals surface area contributed by atoms with Crippen molar-refractivity contribution < 1.29 is 9.53 Å². The molecule has 0 bridgehead atoms. The summed E-state index contributed by atoms with van der Waals surface area (Å²) in [5, 5.41) is 5.60. The summed E-state index contributed by atoms with van der Waals surface area (Å²) >= 11 is 2.77. The molecular weight excluding hydrogens is 430 g/mol. The van der Waals surface area contributed by atoms with E-state index in [2.05, 4.69) is 10.3 Å². The van der Waals surface area contributed by atoms with Crippen molar-refractivity contribution in [2.24, 2.45) is 7.05 Å². The van der Waals surface area contributed by atoms with Gasteiger partial charge in [-0.25, -0.2) is 4.98 Å². The van der Waals surface area contributed by atoms with Crippen molar-refractivity contribution in [3.63, 3.8) is 0 Å². The average molecular weight is 450 g/mol. The van der Waals surface area contributed by atoms with E-state index in [9.17, 15) is 9.59 Å². The summed E-state index contributed by atoms with van der Waals surface area (Å²) in [6, 6.07) is 17.0. The Balaban J connectivity index is 1.63. The van der Waals surface area contributed by atoms with E-state index in [-0.39, 0.29) is 11.5 Å². The standard InChI is InChI=1S/C23H19N3O3S2/c1-26-21(13-20(27)25-17-10-6-7-11-18(17)29-2)31-19(23(26)28)12-16-14-30-22(24-16)15-8-4-3-5-9-15/h3-14H,1-2H3,(H,25,27). The number of carbonyl (C=O) groups excluding carboxylic acids is 1. The van der Waals surface area contributed by atoms with Gasteiger partial charge in [-0.3, -0.25) is 9.59 Å². The number of amides is 1. The van der Waals surface area contributed by atoms with Crippen LogP contribution in [0.1, 0.15) is 5.69 Å². The molecule has 0 aliphatic rings. The van der Waals surface area contributed by atoms with Gasteiger partial charge in [-0.1, -0.05) is 42.5 Å². The van der Waals surface area contributed by atoms with E-state index in [4.69, 9.17) is 4.74 Å². The number of carbonyl (C=O) groups is 1. The smallest absolute Gasteiger partial charge is 0.268 e. The summed E-state index contributed by atoms with van der Waals surface area (Å²) in [6.07, 6.45) is 3.16. The number of hydrogen-bond donors (Lipinski definition) is 1. The highest BCUT2D eigenvalue weighted by Gasteiger charge is 2.08. The molecular formula is C23H19N3O3S2. The van der Waals surface area contributed by atoms with Crippen LogP contribution in [-0.2, 0) is 11.8 Å². The molecule has 0 aliphatic heterocycles. The van der Waals surface area contributed by atoms with Crippen molar-refractivity contribution >= 4 is 46.4 Å². The first-order chi connectivity index (χ1) is 15.0. The summed E-state index contributed by atoms with van der Waals surface area (Å²) < 4.78 is 7.77. The van der Waals surface area contributed by atoms with E-state index in [1.54, 1.807) is 32.4 Å². The van der Waals surface area contributed by atoms with E-state index in [1.165, 1.54) is 33.3 Å². The van der Waals surface area contributed by atoms with E-state index in [0.717, 1.165) is 10.6 Å². The van der Waals surface area contributed by atoms with Gasteiger partial charge in [0.2, 0.25) is 0 Å². The number of ether oxygens (including phenoxy) is 1. The Labute approximate surface area is 186 Å². The number of nitrogens with zero attached hydrogens (tertiary/aromatic N) is 2. The topological polar surface area (TPSA) is 73.2 Å². The first kappa shape index (κ1) is 20.8. The van der Waals surface area contributed by atoms with Crippen LogP contribution >= 0.6 is 22.7 Å². The lowest BCUT2D eigenvalue weighted by Crippen LogP contribution is -2.29. The summed E-state index contributed by atoms with van der Waals surface area (Å²) in [6.45, 7) is 0. The molecule has 0 radical (unpaired) electrons. The Hall–Kier alpha value is -3.49. The Morgan fingerprint density at radius 2 is 1.87 bits per heavy atom. The van der Waals surface area contributed by atoms with Crippen LogP contribution in [0.4, 0.5) is 5.69 Å². The van der Waals surface area contributed by atoms with Gasteiger partial charge in [0.05, 0.1) is 23.0 Å². The molecule has 4 aromatic rings. The van der Waals surface area contributed by atoms with Crippen LogP contribution in [0.3, 0.4) is 0 Å². The summed E-state index contributed by atoms with van der Waals surface area (Å²) in [5.41, 5.74) is 2.15. The quantitative estimate of drug-likeness (QED) is 0.509. The number of aromatic nitrogens is 2. The molecule has 0 unspecified atom stereocenters. The lowest BCUT2D eigenvalue weighted by Gasteiger charge is -2.07. The molecule has 0 spiro atoms. The second-order valence-electron chi connectivity index (χ2n) is 6.59. The number of anilines is 1. The van der Waals surface area contributed by atoms with Gasteiger partial charge >= 0.3 is 0 Å². The molecule has 4 rings (SSSR count). The lowest BCUT2D eigenvalue weighted by molar-refractivity contribution is -0.110. The Morgan fingerprint density at radius 3 is 2.65 bits per heavy atom. The fourth-order valence-corrected chi connectivity index (χ4v) is 4.74. The fourth-order valence-electron chi connectivity index (χ4n) is 2.94. The molecule has 0 atom stereocenters. The van der Waals surface area contributed by atoms with Crippen LogP contribution in [0.5, 0.6) is 5.75 Å². The normalized spacial score (nSPS) is 12.2. The van der Waals surface area contributed by atoms with Gasteiger partial charge in [0.1, 0.15) is 15.4 Å². The highest BCUT2D eigenvalue weighted by Crippen LogP contribution is 2.24. The maximum Gasteiger partial charge on any atom is 0.268 e. The SMILES string of the molecule is COc1ccccc1NC(=O)C=c1sc(=Cc2csc(-c3ccccc3)n2)c(=O)n1C. The van der Waals surface area contributed by atoms with Gasteiger partial charge in [-0.2, -0.15) is 0 Å². The van der Waals surface area contributed by atoms with E-state index in [0.29, 0.717) is 26.3 Å².